The standard InChI is InChI=1S/C14H20F3NO/c1-9-6-10(2)13(11(3)7-9)12(18)4-5-19-8-14(15,16)17/h6-7,12H,4-5,8,18H2,1-3H3. The van der Waals surface area contributed by atoms with Crippen molar-refractivity contribution in [3.8, 4) is 0 Å². The van der Waals surface area contributed by atoms with Crippen LogP contribution in [0.4, 0.5) is 13.2 Å². The molecule has 1 atom stereocenters. The number of aryl methyl sites for hydroxylation is 3. The highest BCUT2D eigenvalue weighted by atomic mass is 19.4. The van der Waals surface area contributed by atoms with Crippen molar-refractivity contribution in [1.82, 2.24) is 0 Å². The lowest BCUT2D eigenvalue weighted by atomic mass is 9.93. The molecule has 0 heterocycles. The van der Waals surface area contributed by atoms with E-state index in [9.17, 15) is 13.2 Å². The van der Waals surface area contributed by atoms with Crippen molar-refractivity contribution in [2.75, 3.05) is 13.2 Å². The highest BCUT2D eigenvalue weighted by Crippen LogP contribution is 2.24. The Bertz CT molecular complexity index is 406. The third-order valence-electron chi connectivity index (χ3n) is 2.95. The van der Waals surface area contributed by atoms with Crippen LogP contribution in [0.1, 0.15) is 34.7 Å². The van der Waals surface area contributed by atoms with Gasteiger partial charge in [0.25, 0.3) is 0 Å². The van der Waals surface area contributed by atoms with Crippen LogP contribution in [-0.2, 0) is 4.74 Å². The number of alkyl halides is 3. The van der Waals surface area contributed by atoms with Crippen molar-refractivity contribution in [1.29, 1.82) is 0 Å². The summed E-state index contributed by atoms with van der Waals surface area (Å²) in [6, 6.07) is 3.76. The maximum absolute atomic E-state index is 11.9. The summed E-state index contributed by atoms with van der Waals surface area (Å²) in [5, 5.41) is 0. The van der Waals surface area contributed by atoms with Crippen LogP contribution in [-0.4, -0.2) is 19.4 Å². The average molecular weight is 275 g/mol. The molecule has 0 bridgehead atoms. The van der Waals surface area contributed by atoms with E-state index in [4.69, 9.17) is 5.73 Å². The normalized spacial score (nSPS) is 13.6. The maximum Gasteiger partial charge on any atom is 0.411 e. The van der Waals surface area contributed by atoms with Crippen LogP contribution in [0.15, 0.2) is 12.1 Å². The van der Waals surface area contributed by atoms with Gasteiger partial charge < -0.3 is 10.5 Å². The smallest absolute Gasteiger partial charge is 0.372 e. The first kappa shape index (κ1) is 16.0. The zero-order chi connectivity index (χ0) is 14.6. The van der Waals surface area contributed by atoms with Gasteiger partial charge in [-0.1, -0.05) is 17.7 Å². The van der Waals surface area contributed by atoms with E-state index < -0.39 is 12.8 Å². The average Bonchev–Trinajstić information content (AvgIpc) is 2.21. The van der Waals surface area contributed by atoms with Crippen molar-refractivity contribution < 1.29 is 17.9 Å². The Balaban J connectivity index is 2.57. The summed E-state index contributed by atoms with van der Waals surface area (Å²) in [5.74, 6) is 0. The molecule has 108 valence electrons. The second kappa shape index (κ2) is 6.39. The van der Waals surface area contributed by atoms with Crippen molar-refractivity contribution in [3.05, 3.63) is 34.4 Å². The van der Waals surface area contributed by atoms with Crippen LogP contribution >= 0.6 is 0 Å². The molecule has 0 saturated carbocycles. The van der Waals surface area contributed by atoms with E-state index in [2.05, 4.69) is 4.74 Å². The van der Waals surface area contributed by atoms with E-state index >= 15 is 0 Å². The summed E-state index contributed by atoms with van der Waals surface area (Å²) >= 11 is 0. The Morgan fingerprint density at radius 1 is 1.16 bits per heavy atom. The Morgan fingerprint density at radius 2 is 1.68 bits per heavy atom. The molecule has 0 radical (unpaired) electrons. The number of hydrogen-bond donors (Lipinski definition) is 1. The molecule has 0 aliphatic rings. The zero-order valence-electron chi connectivity index (χ0n) is 11.5. The third kappa shape index (κ3) is 5.20. The lowest BCUT2D eigenvalue weighted by molar-refractivity contribution is -0.174. The maximum atomic E-state index is 11.9. The Hall–Kier alpha value is -1.07. The molecule has 1 aromatic carbocycles. The Labute approximate surface area is 111 Å². The molecule has 2 N–H and O–H groups in total. The molecule has 0 aliphatic carbocycles. The zero-order valence-corrected chi connectivity index (χ0v) is 11.5. The molecule has 0 aromatic heterocycles. The predicted molar refractivity (Wildman–Crippen MR) is 69.1 cm³/mol. The van der Waals surface area contributed by atoms with E-state index in [1.165, 1.54) is 0 Å². The number of hydrogen-bond acceptors (Lipinski definition) is 2. The van der Waals surface area contributed by atoms with Gasteiger partial charge in [0.15, 0.2) is 0 Å². The van der Waals surface area contributed by atoms with Crippen molar-refractivity contribution in [2.45, 2.75) is 39.4 Å². The molecule has 0 fully saturated rings. The molecule has 2 nitrogen and oxygen atoms in total. The molecule has 5 heteroatoms. The monoisotopic (exact) mass is 275 g/mol. The fourth-order valence-electron chi connectivity index (χ4n) is 2.32. The van der Waals surface area contributed by atoms with Crippen LogP contribution in [0.25, 0.3) is 0 Å². The second-order valence-corrected chi connectivity index (χ2v) is 4.88. The summed E-state index contributed by atoms with van der Waals surface area (Å²) < 4.78 is 40.3. The summed E-state index contributed by atoms with van der Waals surface area (Å²) in [4.78, 5) is 0. The van der Waals surface area contributed by atoms with Gasteiger partial charge in [0.2, 0.25) is 0 Å². The first-order valence-corrected chi connectivity index (χ1v) is 6.18. The van der Waals surface area contributed by atoms with E-state index in [1.807, 2.05) is 32.9 Å². The number of nitrogens with two attached hydrogens (primary N) is 1. The van der Waals surface area contributed by atoms with Crippen LogP contribution in [0.2, 0.25) is 0 Å². The molecule has 0 saturated heterocycles. The van der Waals surface area contributed by atoms with Gasteiger partial charge in [-0.2, -0.15) is 13.2 Å². The lowest BCUT2D eigenvalue weighted by Gasteiger charge is -2.18. The first-order chi connectivity index (χ1) is 8.70. The number of halogens is 3. The first-order valence-electron chi connectivity index (χ1n) is 6.18. The summed E-state index contributed by atoms with van der Waals surface area (Å²) in [6.07, 6.45) is -3.90. The van der Waals surface area contributed by atoms with Gasteiger partial charge in [-0.05, 0) is 43.9 Å². The van der Waals surface area contributed by atoms with Crippen LogP contribution in [0, 0.1) is 20.8 Å². The van der Waals surface area contributed by atoms with Gasteiger partial charge in [0.05, 0.1) is 0 Å². The third-order valence-corrected chi connectivity index (χ3v) is 2.95. The fourth-order valence-corrected chi connectivity index (χ4v) is 2.32. The topological polar surface area (TPSA) is 35.2 Å². The van der Waals surface area contributed by atoms with Crippen LogP contribution in [0.5, 0.6) is 0 Å². The molecular formula is C14H20F3NO. The van der Waals surface area contributed by atoms with Gasteiger partial charge in [0.1, 0.15) is 6.61 Å². The van der Waals surface area contributed by atoms with Gasteiger partial charge in [-0.15, -0.1) is 0 Å². The highest BCUT2D eigenvalue weighted by molar-refractivity contribution is 5.39. The van der Waals surface area contributed by atoms with E-state index in [0.717, 1.165) is 22.3 Å². The van der Waals surface area contributed by atoms with Gasteiger partial charge >= 0.3 is 6.18 Å². The minimum absolute atomic E-state index is 0.00737. The minimum atomic E-state index is -4.28. The van der Waals surface area contributed by atoms with Crippen molar-refractivity contribution in [3.63, 3.8) is 0 Å². The summed E-state index contributed by atoms with van der Waals surface area (Å²) in [5.41, 5.74) is 10.3. The van der Waals surface area contributed by atoms with E-state index in [1.54, 1.807) is 0 Å². The highest BCUT2D eigenvalue weighted by Gasteiger charge is 2.27. The van der Waals surface area contributed by atoms with Crippen molar-refractivity contribution >= 4 is 0 Å². The largest absolute Gasteiger partial charge is 0.411 e. The second-order valence-electron chi connectivity index (χ2n) is 4.88. The van der Waals surface area contributed by atoms with Gasteiger partial charge in [-0.25, -0.2) is 0 Å². The number of ether oxygens (including phenoxy) is 1. The SMILES string of the molecule is Cc1cc(C)c(C(N)CCOCC(F)(F)F)c(C)c1. The number of rotatable bonds is 5. The molecule has 1 unspecified atom stereocenters. The molecule has 0 amide bonds. The Morgan fingerprint density at radius 3 is 2.16 bits per heavy atom. The van der Waals surface area contributed by atoms with Crippen LogP contribution < -0.4 is 5.73 Å². The van der Waals surface area contributed by atoms with Gasteiger partial charge in [-0.3, -0.25) is 0 Å². The molecule has 1 rings (SSSR count). The quantitative estimate of drug-likeness (QED) is 0.834. The molecular weight excluding hydrogens is 255 g/mol. The summed E-state index contributed by atoms with van der Waals surface area (Å²) in [6.45, 7) is 4.72. The minimum Gasteiger partial charge on any atom is -0.372 e. The molecule has 19 heavy (non-hydrogen) atoms. The van der Waals surface area contributed by atoms with E-state index in [0.29, 0.717) is 6.42 Å². The van der Waals surface area contributed by atoms with Gasteiger partial charge in [0, 0.05) is 12.6 Å². The lowest BCUT2D eigenvalue weighted by Crippen LogP contribution is -2.20. The Kier molecular flexibility index (Phi) is 5.38. The number of benzene rings is 1. The summed E-state index contributed by atoms with van der Waals surface area (Å²) in [7, 11) is 0. The van der Waals surface area contributed by atoms with E-state index in [-0.39, 0.29) is 12.6 Å². The fraction of sp³-hybridized carbons (Fsp3) is 0.571. The molecule has 0 spiro atoms. The predicted octanol–water partition coefficient (Wildman–Crippen LogP) is 3.58. The van der Waals surface area contributed by atoms with Crippen LogP contribution in [0.3, 0.4) is 0 Å². The van der Waals surface area contributed by atoms with Crippen molar-refractivity contribution in [2.24, 2.45) is 5.73 Å². The molecule has 0 aliphatic heterocycles. The molecule has 1 aromatic rings.